The second kappa shape index (κ2) is 10.6. The Bertz CT molecular complexity index is 395. The molecule has 2 amide bonds. The number of rotatable bonds is 4. The standard InChI is InChI=1S/C14H24N4O4/c1-3-21-13(19)17-15-11-9-7-5-6-8-10-12(11)16-18-14(20)22-4-2/h3-10H2,1-2H3,(H,17,19)(H,18,20)/b15-11+,16-12+. The molecule has 1 aliphatic carbocycles. The molecule has 0 heterocycles. The van der Waals surface area contributed by atoms with Gasteiger partial charge in [0.05, 0.1) is 24.6 Å². The van der Waals surface area contributed by atoms with E-state index in [1.807, 2.05) is 0 Å². The number of nitrogens with zero attached hydrogens (tertiary/aromatic N) is 2. The van der Waals surface area contributed by atoms with Crippen LogP contribution in [0, 0.1) is 0 Å². The SMILES string of the molecule is CCOC(=O)N/N=C1\CCCCCC\C1=N/NC(=O)OCC. The Morgan fingerprint density at radius 2 is 1.27 bits per heavy atom. The predicted molar refractivity (Wildman–Crippen MR) is 82.9 cm³/mol. The summed E-state index contributed by atoms with van der Waals surface area (Å²) in [6, 6.07) is 0. The molecule has 0 bridgehead atoms. The van der Waals surface area contributed by atoms with E-state index in [4.69, 9.17) is 9.47 Å². The van der Waals surface area contributed by atoms with E-state index in [1.54, 1.807) is 13.8 Å². The average Bonchev–Trinajstić information content (AvgIpc) is 2.46. The van der Waals surface area contributed by atoms with Gasteiger partial charge in [-0.05, 0) is 39.5 Å². The van der Waals surface area contributed by atoms with Crippen molar-refractivity contribution in [2.75, 3.05) is 13.2 Å². The molecule has 124 valence electrons. The first-order valence-electron chi connectivity index (χ1n) is 7.66. The summed E-state index contributed by atoms with van der Waals surface area (Å²) in [6.45, 7) is 4.00. The maximum Gasteiger partial charge on any atom is 0.427 e. The quantitative estimate of drug-likeness (QED) is 0.779. The zero-order valence-corrected chi connectivity index (χ0v) is 13.2. The summed E-state index contributed by atoms with van der Waals surface area (Å²) >= 11 is 0. The molecule has 1 aliphatic rings. The van der Waals surface area contributed by atoms with Crippen LogP contribution in [-0.4, -0.2) is 36.8 Å². The second-order valence-electron chi connectivity index (χ2n) is 4.70. The molecular formula is C14H24N4O4. The molecule has 8 nitrogen and oxygen atoms in total. The number of hydrogen-bond acceptors (Lipinski definition) is 6. The van der Waals surface area contributed by atoms with Gasteiger partial charge >= 0.3 is 12.2 Å². The summed E-state index contributed by atoms with van der Waals surface area (Å²) in [6.07, 6.45) is 4.31. The molecule has 0 aromatic rings. The van der Waals surface area contributed by atoms with Crippen LogP contribution in [0.1, 0.15) is 52.4 Å². The molecule has 0 aromatic carbocycles. The molecule has 0 atom stereocenters. The van der Waals surface area contributed by atoms with Crippen LogP contribution in [0.3, 0.4) is 0 Å². The zero-order chi connectivity index (χ0) is 16.2. The molecule has 0 spiro atoms. The first-order chi connectivity index (χ1) is 10.7. The van der Waals surface area contributed by atoms with Crippen molar-refractivity contribution in [3.63, 3.8) is 0 Å². The van der Waals surface area contributed by atoms with E-state index >= 15 is 0 Å². The van der Waals surface area contributed by atoms with Gasteiger partial charge in [0, 0.05) is 0 Å². The van der Waals surface area contributed by atoms with Crippen LogP contribution >= 0.6 is 0 Å². The predicted octanol–water partition coefficient (Wildman–Crippen LogP) is 2.54. The first-order valence-corrected chi connectivity index (χ1v) is 7.66. The Balaban J connectivity index is 2.75. The van der Waals surface area contributed by atoms with Crippen molar-refractivity contribution in [3.05, 3.63) is 0 Å². The third-order valence-electron chi connectivity index (χ3n) is 3.03. The number of hydrazone groups is 2. The van der Waals surface area contributed by atoms with Gasteiger partial charge < -0.3 is 9.47 Å². The number of carbonyl (C=O) groups excluding carboxylic acids is 2. The van der Waals surface area contributed by atoms with Crippen molar-refractivity contribution < 1.29 is 19.1 Å². The van der Waals surface area contributed by atoms with Gasteiger partial charge in [-0.1, -0.05) is 12.8 Å². The number of carbonyl (C=O) groups is 2. The van der Waals surface area contributed by atoms with Gasteiger partial charge in [-0.15, -0.1) is 0 Å². The highest BCUT2D eigenvalue weighted by Crippen LogP contribution is 2.13. The maximum absolute atomic E-state index is 11.3. The van der Waals surface area contributed by atoms with Crippen molar-refractivity contribution in [1.82, 2.24) is 10.9 Å². The smallest absolute Gasteiger partial charge is 0.427 e. The van der Waals surface area contributed by atoms with Crippen LogP contribution in [-0.2, 0) is 9.47 Å². The number of hydrogen-bond donors (Lipinski definition) is 2. The highest BCUT2D eigenvalue weighted by atomic mass is 16.6. The second-order valence-corrected chi connectivity index (χ2v) is 4.70. The van der Waals surface area contributed by atoms with Gasteiger partial charge in [0.15, 0.2) is 0 Å². The molecule has 1 fully saturated rings. The van der Waals surface area contributed by atoms with E-state index in [1.165, 1.54) is 0 Å². The Morgan fingerprint density at radius 1 is 0.864 bits per heavy atom. The lowest BCUT2D eigenvalue weighted by molar-refractivity contribution is 0.151. The average molecular weight is 312 g/mol. The molecule has 1 rings (SSSR count). The third-order valence-corrected chi connectivity index (χ3v) is 3.03. The fraction of sp³-hybridized carbons (Fsp3) is 0.714. The molecule has 2 N–H and O–H groups in total. The van der Waals surface area contributed by atoms with E-state index in [9.17, 15) is 9.59 Å². The molecular weight excluding hydrogens is 288 g/mol. The maximum atomic E-state index is 11.3. The van der Waals surface area contributed by atoms with Crippen molar-refractivity contribution in [3.8, 4) is 0 Å². The summed E-state index contributed by atoms with van der Waals surface area (Å²) in [5.41, 5.74) is 6.01. The minimum Gasteiger partial charge on any atom is -0.449 e. The lowest BCUT2D eigenvalue weighted by Crippen LogP contribution is -2.28. The molecule has 1 saturated carbocycles. The van der Waals surface area contributed by atoms with E-state index in [-0.39, 0.29) is 13.2 Å². The fourth-order valence-electron chi connectivity index (χ4n) is 2.02. The van der Waals surface area contributed by atoms with Gasteiger partial charge in [0.25, 0.3) is 0 Å². The van der Waals surface area contributed by atoms with Gasteiger partial charge in [0.1, 0.15) is 0 Å². The summed E-state index contributed by atoms with van der Waals surface area (Å²) in [5, 5.41) is 8.16. The van der Waals surface area contributed by atoms with Crippen molar-refractivity contribution in [1.29, 1.82) is 0 Å². The minimum absolute atomic E-state index is 0.280. The van der Waals surface area contributed by atoms with Crippen LogP contribution in [0.25, 0.3) is 0 Å². The molecule has 22 heavy (non-hydrogen) atoms. The molecule has 0 aromatic heterocycles. The van der Waals surface area contributed by atoms with E-state index < -0.39 is 12.2 Å². The summed E-state index contributed by atoms with van der Waals surface area (Å²) < 4.78 is 9.54. The lowest BCUT2D eigenvalue weighted by atomic mass is 9.97. The number of nitrogens with one attached hydrogen (secondary N) is 2. The van der Waals surface area contributed by atoms with E-state index in [0.29, 0.717) is 24.3 Å². The Labute approximate surface area is 130 Å². The van der Waals surface area contributed by atoms with Crippen LogP contribution in [0.2, 0.25) is 0 Å². The van der Waals surface area contributed by atoms with Crippen molar-refractivity contribution in [2.45, 2.75) is 52.4 Å². The van der Waals surface area contributed by atoms with E-state index in [2.05, 4.69) is 21.1 Å². The number of ether oxygens (including phenoxy) is 2. The number of amides is 2. The first kappa shape index (κ1) is 17.9. The largest absolute Gasteiger partial charge is 0.449 e. The normalized spacial score (nSPS) is 19.2. The Morgan fingerprint density at radius 3 is 1.64 bits per heavy atom. The Kier molecular flexibility index (Phi) is 8.63. The van der Waals surface area contributed by atoms with Gasteiger partial charge in [-0.3, -0.25) is 0 Å². The fourth-order valence-corrected chi connectivity index (χ4v) is 2.02. The van der Waals surface area contributed by atoms with Crippen molar-refractivity contribution >= 4 is 23.6 Å². The van der Waals surface area contributed by atoms with Gasteiger partial charge in [-0.25, -0.2) is 20.4 Å². The van der Waals surface area contributed by atoms with Gasteiger partial charge in [0.2, 0.25) is 0 Å². The topological polar surface area (TPSA) is 101 Å². The van der Waals surface area contributed by atoms with E-state index in [0.717, 1.165) is 25.7 Å². The highest BCUT2D eigenvalue weighted by Gasteiger charge is 2.14. The highest BCUT2D eigenvalue weighted by molar-refractivity contribution is 6.42. The zero-order valence-electron chi connectivity index (χ0n) is 13.2. The molecule has 0 aliphatic heterocycles. The summed E-state index contributed by atoms with van der Waals surface area (Å²) in [7, 11) is 0. The third kappa shape index (κ3) is 7.05. The van der Waals surface area contributed by atoms with Gasteiger partial charge in [-0.2, -0.15) is 10.2 Å². The monoisotopic (exact) mass is 312 g/mol. The molecule has 8 heteroatoms. The molecule has 0 radical (unpaired) electrons. The van der Waals surface area contributed by atoms with Crippen LogP contribution < -0.4 is 10.9 Å². The Hall–Kier alpha value is -2.12. The van der Waals surface area contributed by atoms with Crippen LogP contribution in [0.15, 0.2) is 10.2 Å². The van der Waals surface area contributed by atoms with Crippen molar-refractivity contribution in [2.24, 2.45) is 10.2 Å². The van der Waals surface area contributed by atoms with Crippen LogP contribution in [0.4, 0.5) is 9.59 Å². The lowest BCUT2D eigenvalue weighted by Gasteiger charge is -2.14. The summed E-state index contributed by atoms with van der Waals surface area (Å²) in [5.74, 6) is 0. The summed E-state index contributed by atoms with van der Waals surface area (Å²) in [4.78, 5) is 22.7. The van der Waals surface area contributed by atoms with Crippen LogP contribution in [0.5, 0.6) is 0 Å². The minimum atomic E-state index is -0.602. The molecule has 0 saturated heterocycles. The molecule has 0 unspecified atom stereocenters.